The summed E-state index contributed by atoms with van der Waals surface area (Å²) in [6.45, 7) is 3.89. The summed E-state index contributed by atoms with van der Waals surface area (Å²) >= 11 is 0. The van der Waals surface area contributed by atoms with E-state index in [0.717, 1.165) is 5.56 Å². The molecule has 0 aliphatic heterocycles. The summed E-state index contributed by atoms with van der Waals surface area (Å²) in [5, 5.41) is 0. The molecule has 18 heavy (non-hydrogen) atoms. The minimum absolute atomic E-state index is 0.0501. The Bertz CT molecular complexity index is 514. The molecule has 2 aromatic rings. The van der Waals surface area contributed by atoms with Crippen LogP contribution >= 0.6 is 0 Å². The summed E-state index contributed by atoms with van der Waals surface area (Å²) in [7, 11) is 0. The summed E-state index contributed by atoms with van der Waals surface area (Å²) in [4.78, 5) is 8.67. The molecule has 0 spiro atoms. The molecule has 0 bridgehead atoms. The summed E-state index contributed by atoms with van der Waals surface area (Å²) in [5.74, 6) is 7.02. The largest absolute Gasteiger partial charge is 0.475 e. The van der Waals surface area contributed by atoms with Gasteiger partial charge in [0.05, 0.1) is 6.10 Å². The highest BCUT2D eigenvalue weighted by atomic mass is 16.5. The Kier molecular flexibility index (Phi) is 3.74. The lowest BCUT2D eigenvalue weighted by molar-refractivity contribution is 0.232. The summed E-state index contributed by atoms with van der Waals surface area (Å²) in [6.07, 6.45) is 0.0501. The number of rotatable bonds is 4. The molecule has 1 heterocycles. The van der Waals surface area contributed by atoms with E-state index in [0.29, 0.717) is 17.5 Å². The maximum absolute atomic E-state index is 5.57. The van der Waals surface area contributed by atoms with Crippen molar-refractivity contribution < 1.29 is 4.74 Å². The molecule has 1 aromatic carbocycles. The zero-order chi connectivity index (χ0) is 13.0. The van der Waals surface area contributed by atoms with Crippen LogP contribution in [-0.4, -0.2) is 16.1 Å². The Labute approximate surface area is 106 Å². The van der Waals surface area contributed by atoms with E-state index < -0.39 is 0 Å². The maximum Gasteiger partial charge on any atom is 0.219 e. The van der Waals surface area contributed by atoms with E-state index in [9.17, 15) is 0 Å². The van der Waals surface area contributed by atoms with Crippen LogP contribution in [0.4, 0.5) is 5.82 Å². The highest BCUT2D eigenvalue weighted by Gasteiger charge is 2.08. The molecule has 5 heteroatoms. The van der Waals surface area contributed by atoms with Crippen molar-refractivity contribution >= 4 is 5.82 Å². The van der Waals surface area contributed by atoms with Crippen molar-refractivity contribution in [1.29, 1.82) is 0 Å². The Morgan fingerprint density at radius 2 is 1.89 bits per heavy atom. The molecular formula is C13H16N4O. The number of hydrogen-bond acceptors (Lipinski definition) is 5. The van der Waals surface area contributed by atoms with Gasteiger partial charge in [-0.05, 0) is 13.8 Å². The lowest BCUT2D eigenvalue weighted by Crippen LogP contribution is -2.12. The predicted molar refractivity (Wildman–Crippen MR) is 71.0 cm³/mol. The number of nitrogen functional groups attached to an aromatic ring is 1. The summed E-state index contributed by atoms with van der Waals surface area (Å²) in [6, 6.07) is 11.4. The van der Waals surface area contributed by atoms with Crippen LogP contribution in [0, 0.1) is 0 Å². The van der Waals surface area contributed by atoms with Crippen molar-refractivity contribution in [3.63, 3.8) is 0 Å². The summed E-state index contributed by atoms with van der Waals surface area (Å²) in [5.41, 5.74) is 3.44. The van der Waals surface area contributed by atoms with E-state index in [1.165, 1.54) is 0 Å². The van der Waals surface area contributed by atoms with Crippen molar-refractivity contribution in [3.05, 3.63) is 36.4 Å². The zero-order valence-corrected chi connectivity index (χ0v) is 10.4. The number of nitrogens with one attached hydrogen (secondary N) is 1. The fourth-order valence-electron chi connectivity index (χ4n) is 1.52. The molecule has 0 fully saturated rings. The van der Waals surface area contributed by atoms with Crippen LogP contribution in [0.2, 0.25) is 0 Å². The van der Waals surface area contributed by atoms with Crippen molar-refractivity contribution in [1.82, 2.24) is 9.97 Å². The highest BCUT2D eigenvalue weighted by molar-refractivity contribution is 5.57. The van der Waals surface area contributed by atoms with Crippen LogP contribution in [0.1, 0.15) is 13.8 Å². The van der Waals surface area contributed by atoms with Crippen molar-refractivity contribution in [3.8, 4) is 17.3 Å². The van der Waals surface area contributed by atoms with E-state index in [4.69, 9.17) is 10.6 Å². The van der Waals surface area contributed by atoms with Gasteiger partial charge in [0.1, 0.15) is 5.82 Å². The predicted octanol–water partition coefficient (Wildman–Crippen LogP) is 2.22. The number of anilines is 1. The normalized spacial score (nSPS) is 10.4. The molecule has 0 aliphatic rings. The number of aromatic nitrogens is 2. The first-order chi connectivity index (χ1) is 8.69. The molecule has 0 saturated heterocycles. The van der Waals surface area contributed by atoms with E-state index in [1.54, 1.807) is 6.07 Å². The standard InChI is InChI=1S/C13H16N4O/c1-9(2)18-12-8-11(17-14)15-13(16-12)10-6-4-3-5-7-10/h3-9H,14H2,1-2H3,(H,15,16,17). The van der Waals surface area contributed by atoms with Crippen molar-refractivity contribution in [2.24, 2.45) is 5.84 Å². The smallest absolute Gasteiger partial charge is 0.219 e. The van der Waals surface area contributed by atoms with Gasteiger partial charge in [-0.2, -0.15) is 4.98 Å². The Balaban J connectivity index is 2.41. The SMILES string of the molecule is CC(C)Oc1cc(NN)nc(-c2ccccc2)n1. The van der Waals surface area contributed by atoms with Gasteiger partial charge in [-0.3, -0.25) is 0 Å². The van der Waals surface area contributed by atoms with Gasteiger partial charge in [0.25, 0.3) is 0 Å². The number of benzene rings is 1. The van der Waals surface area contributed by atoms with E-state index in [2.05, 4.69) is 15.4 Å². The van der Waals surface area contributed by atoms with Gasteiger partial charge in [-0.1, -0.05) is 30.3 Å². The van der Waals surface area contributed by atoms with Gasteiger partial charge in [-0.15, -0.1) is 0 Å². The van der Waals surface area contributed by atoms with Gasteiger partial charge < -0.3 is 10.2 Å². The van der Waals surface area contributed by atoms with Crippen LogP contribution in [-0.2, 0) is 0 Å². The number of hydrazine groups is 1. The minimum Gasteiger partial charge on any atom is -0.475 e. The first-order valence-corrected chi connectivity index (χ1v) is 5.77. The fraction of sp³-hybridized carbons (Fsp3) is 0.231. The number of ether oxygens (including phenoxy) is 1. The quantitative estimate of drug-likeness (QED) is 0.637. The monoisotopic (exact) mass is 244 g/mol. The third-order valence-corrected chi connectivity index (χ3v) is 2.24. The molecule has 1 aromatic heterocycles. The van der Waals surface area contributed by atoms with Gasteiger partial charge in [-0.25, -0.2) is 10.8 Å². The molecule has 0 radical (unpaired) electrons. The van der Waals surface area contributed by atoms with Crippen LogP contribution in [0.15, 0.2) is 36.4 Å². The number of hydrogen-bond donors (Lipinski definition) is 2. The maximum atomic E-state index is 5.57. The van der Waals surface area contributed by atoms with Crippen LogP contribution in [0.25, 0.3) is 11.4 Å². The average Bonchev–Trinajstić information content (AvgIpc) is 2.38. The van der Waals surface area contributed by atoms with Crippen LogP contribution in [0.3, 0.4) is 0 Å². The topological polar surface area (TPSA) is 73.1 Å². The molecule has 0 atom stereocenters. The fourth-order valence-corrected chi connectivity index (χ4v) is 1.52. The number of nitrogens with zero attached hydrogens (tertiary/aromatic N) is 2. The number of nitrogens with two attached hydrogens (primary N) is 1. The van der Waals surface area contributed by atoms with Gasteiger partial charge in [0.15, 0.2) is 5.82 Å². The first-order valence-electron chi connectivity index (χ1n) is 5.77. The van der Waals surface area contributed by atoms with E-state index in [-0.39, 0.29) is 6.10 Å². The molecule has 3 N–H and O–H groups in total. The molecule has 0 aliphatic carbocycles. The third kappa shape index (κ3) is 2.95. The molecule has 0 unspecified atom stereocenters. The molecular weight excluding hydrogens is 228 g/mol. The lowest BCUT2D eigenvalue weighted by Gasteiger charge is -2.11. The van der Waals surface area contributed by atoms with E-state index in [1.807, 2.05) is 44.2 Å². The second-order valence-corrected chi connectivity index (χ2v) is 4.09. The summed E-state index contributed by atoms with van der Waals surface area (Å²) < 4.78 is 5.57. The van der Waals surface area contributed by atoms with Gasteiger partial charge in [0, 0.05) is 11.6 Å². The highest BCUT2D eigenvalue weighted by Crippen LogP contribution is 2.21. The molecule has 0 saturated carbocycles. The second kappa shape index (κ2) is 5.46. The van der Waals surface area contributed by atoms with Gasteiger partial charge >= 0.3 is 0 Å². The second-order valence-electron chi connectivity index (χ2n) is 4.09. The van der Waals surface area contributed by atoms with E-state index >= 15 is 0 Å². The lowest BCUT2D eigenvalue weighted by atomic mass is 10.2. The molecule has 2 rings (SSSR count). The molecule has 94 valence electrons. The molecule has 0 amide bonds. The van der Waals surface area contributed by atoms with Crippen LogP contribution in [0.5, 0.6) is 5.88 Å². The first kappa shape index (κ1) is 12.3. The molecule has 5 nitrogen and oxygen atoms in total. The average molecular weight is 244 g/mol. The Hall–Kier alpha value is -2.14. The minimum atomic E-state index is 0.0501. The zero-order valence-electron chi connectivity index (χ0n) is 10.4. The van der Waals surface area contributed by atoms with Crippen molar-refractivity contribution in [2.45, 2.75) is 20.0 Å². The Morgan fingerprint density at radius 3 is 2.50 bits per heavy atom. The Morgan fingerprint density at radius 1 is 1.17 bits per heavy atom. The van der Waals surface area contributed by atoms with Crippen LogP contribution < -0.4 is 16.0 Å². The van der Waals surface area contributed by atoms with Crippen molar-refractivity contribution in [2.75, 3.05) is 5.43 Å². The van der Waals surface area contributed by atoms with Gasteiger partial charge in [0.2, 0.25) is 5.88 Å². The third-order valence-electron chi connectivity index (χ3n) is 2.24.